The van der Waals surface area contributed by atoms with Crippen molar-refractivity contribution >= 4 is 0 Å². The second-order valence-corrected chi connectivity index (χ2v) is 9.39. The van der Waals surface area contributed by atoms with Crippen molar-refractivity contribution < 1.29 is 17.9 Å². The Bertz CT molecular complexity index is 954. The third-order valence-electron chi connectivity index (χ3n) is 7.50. The molecule has 0 bridgehead atoms. The number of fused-ring (bicyclic) bond motifs is 1. The van der Waals surface area contributed by atoms with Gasteiger partial charge in [-0.3, -0.25) is 0 Å². The van der Waals surface area contributed by atoms with Crippen molar-refractivity contribution in [3.63, 3.8) is 0 Å². The van der Waals surface area contributed by atoms with Crippen LogP contribution < -0.4 is 0 Å². The fraction of sp³-hybridized carbons (Fsp3) is 0.500. The first kappa shape index (κ1) is 23.1. The molecule has 2 aromatic carbocycles. The highest BCUT2D eigenvalue weighted by Crippen LogP contribution is 2.47. The van der Waals surface area contributed by atoms with Gasteiger partial charge >= 0.3 is 0 Å². The van der Waals surface area contributed by atoms with Gasteiger partial charge in [0.25, 0.3) is 0 Å². The van der Waals surface area contributed by atoms with Crippen LogP contribution in [0.15, 0.2) is 43.0 Å². The molecule has 0 amide bonds. The van der Waals surface area contributed by atoms with Crippen molar-refractivity contribution in [3.05, 3.63) is 71.6 Å². The van der Waals surface area contributed by atoms with Gasteiger partial charge in [0.1, 0.15) is 5.82 Å². The standard InChI is InChI=1S/C28H33F3O/c1-3-5-6-18-10-14-25(28(31)27(18)30)24-13-11-22(17-26(24)29)19-7-8-21-16-23(32-4-2)12-9-20(21)15-19/h3,10-11,13-14,17,19-21,23H,1,4-9,12,15-16H2,2H3. The second-order valence-electron chi connectivity index (χ2n) is 9.39. The average molecular weight is 443 g/mol. The summed E-state index contributed by atoms with van der Waals surface area (Å²) in [6.07, 6.45) is 9.70. The van der Waals surface area contributed by atoms with Crippen LogP contribution in [0, 0.1) is 29.3 Å². The molecule has 4 rings (SSSR count). The molecular weight excluding hydrogens is 409 g/mol. The summed E-state index contributed by atoms with van der Waals surface area (Å²) in [6.45, 7) is 6.44. The molecular formula is C28H33F3O. The van der Waals surface area contributed by atoms with Gasteiger partial charge in [-0.05, 0) is 93.2 Å². The lowest BCUT2D eigenvalue weighted by atomic mass is 9.65. The molecule has 1 nitrogen and oxygen atoms in total. The molecule has 4 heteroatoms. The Labute approximate surface area is 189 Å². The normalized spacial score (nSPS) is 25.4. The first-order chi connectivity index (χ1) is 15.5. The minimum absolute atomic E-state index is 0.0214. The van der Waals surface area contributed by atoms with Crippen LogP contribution >= 0.6 is 0 Å². The average Bonchev–Trinajstić information content (AvgIpc) is 2.80. The summed E-state index contributed by atoms with van der Waals surface area (Å²) in [5.74, 6) is -0.660. The van der Waals surface area contributed by atoms with Gasteiger partial charge in [-0.2, -0.15) is 0 Å². The van der Waals surface area contributed by atoms with E-state index in [9.17, 15) is 8.78 Å². The number of allylic oxidation sites excluding steroid dienone is 1. The summed E-state index contributed by atoms with van der Waals surface area (Å²) in [5.41, 5.74) is 1.36. The molecule has 2 aliphatic carbocycles. The number of benzene rings is 2. The zero-order chi connectivity index (χ0) is 22.7. The van der Waals surface area contributed by atoms with E-state index in [4.69, 9.17) is 4.74 Å². The zero-order valence-electron chi connectivity index (χ0n) is 18.9. The molecule has 2 saturated carbocycles. The Morgan fingerprint density at radius 1 is 0.938 bits per heavy atom. The summed E-state index contributed by atoms with van der Waals surface area (Å²) in [6, 6.07) is 8.08. The van der Waals surface area contributed by atoms with Crippen molar-refractivity contribution in [1.82, 2.24) is 0 Å². The predicted molar refractivity (Wildman–Crippen MR) is 123 cm³/mol. The summed E-state index contributed by atoms with van der Waals surface area (Å²) in [7, 11) is 0. The molecule has 2 aromatic rings. The number of halogens is 3. The highest BCUT2D eigenvalue weighted by Gasteiger charge is 2.36. The van der Waals surface area contributed by atoms with Crippen LogP contribution in [0.25, 0.3) is 11.1 Å². The molecule has 0 radical (unpaired) electrons. The molecule has 4 unspecified atom stereocenters. The van der Waals surface area contributed by atoms with Crippen LogP contribution in [0.2, 0.25) is 0 Å². The fourth-order valence-corrected chi connectivity index (χ4v) is 5.79. The number of hydrogen-bond acceptors (Lipinski definition) is 1. The Kier molecular flexibility index (Phi) is 7.40. The Balaban J connectivity index is 1.49. The fourth-order valence-electron chi connectivity index (χ4n) is 5.79. The van der Waals surface area contributed by atoms with E-state index < -0.39 is 17.5 Å². The molecule has 172 valence electrons. The molecule has 0 aromatic heterocycles. The first-order valence-electron chi connectivity index (χ1n) is 12.0. The van der Waals surface area contributed by atoms with E-state index in [1.807, 2.05) is 6.07 Å². The molecule has 0 aliphatic heterocycles. The maximum Gasteiger partial charge on any atom is 0.167 e. The quantitative estimate of drug-likeness (QED) is 0.395. The lowest BCUT2D eigenvalue weighted by Gasteiger charge is -2.42. The lowest BCUT2D eigenvalue weighted by molar-refractivity contribution is -0.00956. The summed E-state index contributed by atoms with van der Waals surface area (Å²) in [4.78, 5) is 0. The Morgan fingerprint density at radius 2 is 1.69 bits per heavy atom. The summed E-state index contributed by atoms with van der Waals surface area (Å²) >= 11 is 0. The van der Waals surface area contributed by atoms with E-state index in [0.717, 1.165) is 44.3 Å². The molecule has 2 fully saturated rings. The number of aryl methyl sites for hydroxylation is 1. The SMILES string of the molecule is C=CCCc1ccc(-c2ccc(C3CCC4CC(OCC)CCC4C3)cc2F)c(F)c1F. The first-order valence-corrected chi connectivity index (χ1v) is 12.0. The van der Waals surface area contributed by atoms with E-state index in [2.05, 4.69) is 13.5 Å². The topological polar surface area (TPSA) is 9.23 Å². The van der Waals surface area contributed by atoms with Crippen molar-refractivity contribution in [2.24, 2.45) is 11.8 Å². The lowest BCUT2D eigenvalue weighted by Crippen LogP contribution is -2.33. The van der Waals surface area contributed by atoms with Gasteiger partial charge in [-0.15, -0.1) is 6.58 Å². The summed E-state index contributed by atoms with van der Waals surface area (Å²) in [5, 5.41) is 0. The van der Waals surface area contributed by atoms with E-state index in [1.165, 1.54) is 18.6 Å². The highest BCUT2D eigenvalue weighted by atomic mass is 19.2. The van der Waals surface area contributed by atoms with Crippen molar-refractivity contribution in [3.8, 4) is 11.1 Å². The van der Waals surface area contributed by atoms with Gasteiger partial charge in [0.2, 0.25) is 0 Å². The zero-order valence-corrected chi connectivity index (χ0v) is 18.9. The highest BCUT2D eigenvalue weighted by molar-refractivity contribution is 5.66. The van der Waals surface area contributed by atoms with Crippen LogP contribution in [-0.2, 0) is 11.2 Å². The molecule has 0 heterocycles. The monoisotopic (exact) mass is 442 g/mol. The molecule has 4 atom stereocenters. The van der Waals surface area contributed by atoms with Gasteiger partial charge in [0, 0.05) is 17.7 Å². The third kappa shape index (κ3) is 4.80. The molecule has 2 aliphatic rings. The van der Waals surface area contributed by atoms with Crippen molar-refractivity contribution in [2.75, 3.05) is 6.61 Å². The van der Waals surface area contributed by atoms with E-state index in [0.29, 0.717) is 42.3 Å². The van der Waals surface area contributed by atoms with Gasteiger partial charge < -0.3 is 4.74 Å². The maximum absolute atomic E-state index is 15.1. The molecule has 0 spiro atoms. The maximum atomic E-state index is 15.1. The minimum Gasteiger partial charge on any atom is -0.378 e. The Morgan fingerprint density at radius 3 is 2.44 bits per heavy atom. The van der Waals surface area contributed by atoms with Gasteiger partial charge in [-0.25, -0.2) is 13.2 Å². The third-order valence-corrected chi connectivity index (χ3v) is 7.50. The number of ether oxygens (including phenoxy) is 1. The smallest absolute Gasteiger partial charge is 0.167 e. The largest absolute Gasteiger partial charge is 0.378 e. The molecule has 32 heavy (non-hydrogen) atoms. The van der Waals surface area contributed by atoms with Crippen molar-refractivity contribution in [2.45, 2.75) is 70.3 Å². The minimum atomic E-state index is -0.982. The van der Waals surface area contributed by atoms with E-state index in [-0.39, 0.29) is 11.1 Å². The van der Waals surface area contributed by atoms with Crippen LogP contribution in [0.4, 0.5) is 13.2 Å². The summed E-state index contributed by atoms with van der Waals surface area (Å²) < 4.78 is 50.1. The van der Waals surface area contributed by atoms with Gasteiger partial charge in [0.15, 0.2) is 11.6 Å². The van der Waals surface area contributed by atoms with Crippen LogP contribution in [-0.4, -0.2) is 12.7 Å². The molecule has 0 saturated heterocycles. The second kappa shape index (κ2) is 10.2. The predicted octanol–water partition coefficient (Wildman–Crippen LogP) is 7.98. The van der Waals surface area contributed by atoms with E-state index in [1.54, 1.807) is 18.2 Å². The number of rotatable bonds is 7. The van der Waals surface area contributed by atoms with Gasteiger partial charge in [-0.1, -0.05) is 30.3 Å². The van der Waals surface area contributed by atoms with Crippen molar-refractivity contribution in [1.29, 1.82) is 0 Å². The Hall–Kier alpha value is -2.07. The van der Waals surface area contributed by atoms with Crippen LogP contribution in [0.1, 0.15) is 68.9 Å². The van der Waals surface area contributed by atoms with E-state index >= 15 is 4.39 Å². The van der Waals surface area contributed by atoms with Crippen LogP contribution in [0.3, 0.4) is 0 Å². The van der Waals surface area contributed by atoms with Gasteiger partial charge in [0.05, 0.1) is 6.10 Å². The number of hydrogen-bond donors (Lipinski definition) is 0. The van der Waals surface area contributed by atoms with Crippen LogP contribution in [0.5, 0.6) is 0 Å². The molecule has 0 N–H and O–H groups in total.